The number of tetrazole rings is 1. The second-order valence-electron chi connectivity index (χ2n) is 8.79. The van der Waals surface area contributed by atoms with Gasteiger partial charge in [0.05, 0.1) is 0 Å². The molecule has 3 aromatic rings. The molecule has 1 fully saturated rings. The number of rotatable bonds is 9. The van der Waals surface area contributed by atoms with Crippen LogP contribution < -0.4 is 5.32 Å². The van der Waals surface area contributed by atoms with Crippen LogP contribution in [0, 0.1) is 18.7 Å². The lowest BCUT2D eigenvalue weighted by Crippen LogP contribution is -2.41. The van der Waals surface area contributed by atoms with E-state index < -0.39 is 6.04 Å². The van der Waals surface area contributed by atoms with E-state index >= 15 is 0 Å². The molecule has 33 heavy (non-hydrogen) atoms. The van der Waals surface area contributed by atoms with E-state index in [-0.39, 0.29) is 11.7 Å². The minimum Gasteiger partial charge on any atom is -0.354 e. The molecule has 0 aliphatic carbocycles. The summed E-state index contributed by atoms with van der Waals surface area (Å²) >= 11 is 0. The molecule has 1 amide bonds. The lowest BCUT2D eigenvalue weighted by Gasteiger charge is -2.32. The minimum atomic E-state index is -0.618. The summed E-state index contributed by atoms with van der Waals surface area (Å²) in [5.41, 5.74) is 2.10. The van der Waals surface area contributed by atoms with Gasteiger partial charge in [-0.1, -0.05) is 42.5 Å². The topological polar surface area (TPSA) is 75.9 Å². The standard InChI is InChI=1S/C25H31FN6O/c1-19-28-29-30-32(19)24(17-22-8-5-9-23(26)16-22)25(33)27-18-21-11-14-31(15-12-21)13-10-20-6-3-2-4-7-20/h2-9,16,21,24H,10-15,17-18H2,1H3,(H,27,33). The average Bonchev–Trinajstić information content (AvgIpc) is 3.26. The first-order valence-electron chi connectivity index (χ1n) is 11.6. The number of aromatic nitrogens is 4. The fourth-order valence-electron chi connectivity index (χ4n) is 4.41. The van der Waals surface area contributed by atoms with Crippen molar-refractivity contribution in [3.63, 3.8) is 0 Å². The van der Waals surface area contributed by atoms with Crippen LogP contribution in [0.1, 0.15) is 35.8 Å². The fourth-order valence-corrected chi connectivity index (χ4v) is 4.41. The van der Waals surface area contributed by atoms with Gasteiger partial charge in [0.2, 0.25) is 5.91 Å². The molecule has 1 N–H and O–H groups in total. The number of nitrogens with zero attached hydrogens (tertiary/aromatic N) is 5. The molecule has 1 aromatic heterocycles. The highest BCUT2D eigenvalue weighted by atomic mass is 19.1. The Morgan fingerprint density at radius 1 is 1.12 bits per heavy atom. The zero-order valence-corrected chi connectivity index (χ0v) is 19.0. The van der Waals surface area contributed by atoms with Crippen LogP contribution in [-0.2, 0) is 17.6 Å². The van der Waals surface area contributed by atoms with Gasteiger partial charge in [0.15, 0.2) is 0 Å². The largest absolute Gasteiger partial charge is 0.354 e. The molecule has 1 unspecified atom stereocenters. The molecule has 1 atom stereocenters. The van der Waals surface area contributed by atoms with Gasteiger partial charge in [-0.25, -0.2) is 9.07 Å². The van der Waals surface area contributed by atoms with Crippen LogP contribution >= 0.6 is 0 Å². The molecule has 0 saturated carbocycles. The van der Waals surface area contributed by atoms with E-state index in [1.165, 1.54) is 22.4 Å². The first kappa shape index (κ1) is 23.0. The number of halogens is 1. The molecular formula is C25H31FN6O. The molecule has 1 aliphatic rings. The Morgan fingerprint density at radius 3 is 2.58 bits per heavy atom. The van der Waals surface area contributed by atoms with E-state index in [0.717, 1.165) is 44.5 Å². The van der Waals surface area contributed by atoms with Gasteiger partial charge in [-0.3, -0.25) is 4.79 Å². The number of benzene rings is 2. The van der Waals surface area contributed by atoms with Crippen molar-refractivity contribution in [2.24, 2.45) is 5.92 Å². The quantitative estimate of drug-likeness (QED) is 0.543. The Balaban J connectivity index is 1.28. The van der Waals surface area contributed by atoms with Crippen LogP contribution in [-0.4, -0.2) is 57.2 Å². The van der Waals surface area contributed by atoms with Crippen molar-refractivity contribution in [1.29, 1.82) is 0 Å². The maximum absolute atomic E-state index is 13.7. The predicted octanol–water partition coefficient (Wildman–Crippen LogP) is 2.98. The third-order valence-corrected chi connectivity index (χ3v) is 6.40. The van der Waals surface area contributed by atoms with Gasteiger partial charge in [0.1, 0.15) is 17.7 Å². The summed E-state index contributed by atoms with van der Waals surface area (Å²) in [5, 5.41) is 14.7. The van der Waals surface area contributed by atoms with Crippen LogP contribution in [0.5, 0.6) is 0 Å². The van der Waals surface area contributed by atoms with Crippen LogP contribution in [0.15, 0.2) is 54.6 Å². The highest BCUT2D eigenvalue weighted by molar-refractivity contribution is 5.80. The molecule has 0 bridgehead atoms. The van der Waals surface area contributed by atoms with Gasteiger partial charge < -0.3 is 10.2 Å². The molecule has 7 nitrogen and oxygen atoms in total. The predicted molar refractivity (Wildman–Crippen MR) is 124 cm³/mol. The zero-order chi connectivity index (χ0) is 23.0. The van der Waals surface area contributed by atoms with Crippen LogP contribution in [0.25, 0.3) is 0 Å². The average molecular weight is 451 g/mol. The highest BCUT2D eigenvalue weighted by Gasteiger charge is 2.26. The number of hydrogen-bond donors (Lipinski definition) is 1. The maximum Gasteiger partial charge on any atom is 0.245 e. The number of carbonyl (C=O) groups excluding carboxylic acids is 1. The van der Waals surface area contributed by atoms with Gasteiger partial charge in [0.25, 0.3) is 0 Å². The van der Waals surface area contributed by atoms with Crippen molar-refractivity contribution in [1.82, 2.24) is 30.4 Å². The van der Waals surface area contributed by atoms with Crippen LogP contribution in [0.4, 0.5) is 4.39 Å². The van der Waals surface area contributed by atoms with Crippen molar-refractivity contribution in [3.05, 3.63) is 77.4 Å². The molecule has 4 rings (SSSR count). The smallest absolute Gasteiger partial charge is 0.245 e. The fraction of sp³-hybridized carbons (Fsp3) is 0.440. The Hall–Kier alpha value is -3.13. The lowest BCUT2D eigenvalue weighted by atomic mass is 9.96. The summed E-state index contributed by atoms with van der Waals surface area (Å²) < 4.78 is 15.2. The first-order valence-corrected chi connectivity index (χ1v) is 11.6. The van der Waals surface area contributed by atoms with Gasteiger partial charge in [-0.2, -0.15) is 0 Å². The normalized spacial score (nSPS) is 15.9. The molecule has 2 aromatic carbocycles. The number of hydrogen-bond acceptors (Lipinski definition) is 5. The molecule has 0 spiro atoms. The summed E-state index contributed by atoms with van der Waals surface area (Å²) in [5.74, 6) is 0.547. The van der Waals surface area contributed by atoms with Crippen molar-refractivity contribution < 1.29 is 9.18 Å². The first-order chi connectivity index (χ1) is 16.1. The summed E-state index contributed by atoms with van der Waals surface area (Å²) in [6, 6.07) is 16.3. The number of nitrogens with one attached hydrogen (secondary N) is 1. The highest BCUT2D eigenvalue weighted by Crippen LogP contribution is 2.19. The number of piperidine rings is 1. The SMILES string of the molecule is Cc1nnnn1C(Cc1cccc(F)c1)C(=O)NCC1CCN(CCc2ccccc2)CC1. The van der Waals surface area contributed by atoms with Crippen molar-refractivity contribution in [3.8, 4) is 0 Å². The third-order valence-electron chi connectivity index (χ3n) is 6.40. The van der Waals surface area contributed by atoms with Gasteiger partial charge in [0, 0.05) is 19.5 Å². The molecule has 1 aliphatic heterocycles. The number of amides is 1. The molecule has 1 saturated heterocycles. The summed E-state index contributed by atoms with van der Waals surface area (Å²) in [4.78, 5) is 15.6. The van der Waals surface area contributed by atoms with Crippen molar-refractivity contribution in [2.75, 3.05) is 26.2 Å². The number of aryl methyl sites for hydroxylation is 1. The zero-order valence-electron chi connectivity index (χ0n) is 19.0. The Labute approximate surface area is 194 Å². The van der Waals surface area contributed by atoms with E-state index in [9.17, 15) is 9.18 Å². The maximum atomic E-state index is 13.7. The number of likely N-dealkylation sites (tertiary alicyclic amines) is 1. The van der Waals surface area contributed by atoms with Crippen molar-refractivity contribution >= 4 is 5.91 Å². The Kier molecular flexibility index (Phi) is 7.78. The monoisotopic (exact) mass is 450 g/mol. The number of carbonyl (C=O) groups is 1. The van der Waals surface area contributed by atoms with Crippen molar-refractivity contribution in [2.45, 2.75) is 38.6 Å². The molecule has 0 radical (unpaired) electrons. The van der Waals surface area contributed by atoms with Gasteiger partial charge >= 0.3 is 0 Å². The molecule has 174 valence electrons. The van der Waals surface area contributed by atoms with E-state index in [1.54, 1.807) is 13.0 Å². The van der Waals surface area contributed by atoms with Gasteiger partial charge in [-0.05, 0) is 78.9 Å². The van der Waals surface area contributed by atoms with Gasteiger partial charge in [-0.15, -0.1) is 5.10 Å². The summed E-state index contributed by atoms with van der Waals surface area (Å²) in [6.07, 6.45) is 3.52. The minimum absolute atomic E-state index is 0.138. The van der Waals surface area contributed by atoms with E-state index in [4.69, 9.17) is 0 Å². The third kappa shape index (κ3) is 6.44. The van der Waals surface area contributed by atoms with E-state index in [2.05, 4.69) is 50.0 Å². The second kappa shape index (κ2) is 11.1. The summed E-state index contributed by atoms with van der Waals surface area (Å²) in [7, 11) is 0. The van der Waals surface area contributed by atoms with E-state index in [0.29, 0.717) is 24.7 Å². The second-order valence-corrected chi connectivity index (χ2v) is 8.79. The molecule has 8 heteroatoms. The lowest BCUT2D eigenvalue weighted by molar-refractivity contribution is -0.125. The molecular weight excluding hydrogens is 419 g/mol. The summed E-state index contributed by atoms with van der Waals surface area (Å²) in [6.45, 7) is 5.55. The van der Waals surface area contributed by atoms with Crippen LogP contribution in [0.3, 0.4) is 0 Å². The van der Waals surface area contributed by atoms with E-state index in [1.807, 2.05) is 12.1 Å². The van der Waals surface area contributed by atoms with Crippen LogP contribution in [0.2, 0.25) is 0 Å². The Bertz CT molecular complexity index is 1030. The Morgan fingerprint density at radius 2 is 1.88 bits per heavy atom. The molecule has 2 heterocycles.